The first-order valence-corrected chi connectivity index (χ1v) is 8.20. The van der Waals surface area contributed by atoms with Crippen LogP contribution in [-0.4, -0.2) is 10.8 Å². The first kappa shape index (κ1) is 17.6. The van der Waals surface area contributed by atoms with Gasteiger partial charge in [-0.1, -0.05) is 52.7 Å². The second kappa shape index (κ2) is 9.50. The molecule has 21 heavy (non-hydrogen) atoms. The van der Waals surface area contributed by atoms with Gasteiger partial charge in [-0.3, -0.25) is 5.43 Å². The molecule has 1 aromatic rings. The lowest BCUT2D eigenvalue weighted by Crippen LogP contribution is -2.25. The molecule has 0 spiro atoms. The molecule has 4 heteroatoms. The van der Waals surface area contributed by atoms with Gasteiger partial charge < -0.3 is 5.32 Å². The van der Waals surface area contributed by atoms with Crippen LogP contribution >= 0.6 is 12.2 Å². The van der Waals surface area contributed by atoms with Crippen molar-refractivity contribution in [3.8, 4) is 0 Å². The molecule has 3 nitrogen and oxygen atoms in total. The molecule has 0 aliphatic carbocycles. The lowest BCUT2D eigenvalue weighted by atomic mass is 10.0. The molecule has 0 fully saturated rings. The normalized spacial score (nSPS) is 10.3. The zero-order valence-electron chi connectivity index (χ0n) is 13.6. The van der Waals surface area contributed by atoms with Crippen LogP contribution in [0, 0.1) is 0 Å². The van der Waals surface area contributed by atoms with E-state index in [0.717, 1.165) is 31.4 Å². The number of hydrogen-bond acceptors (Lipinski definition) is 2. The van der Waals surface area contributed by atoms with Crippen molar-refractivity contribution in [3.05, 3.63) is 29.8 Å². The average molecular weight is 305 g/mol. The number of nitrogens with one attached hydrogen (secondary N) is 2. The van der Waals surface area contributed by atoms with E-state index in [-0.39, 0.29) is 0 Å². The molecule has 1 rings (SSSR count). The van der Waals surface area contributed by atoms with E-state index in [9.17, 15) is 0 Å². The molecule has 0 aliphatic rings. The van der Waals surface area contributed by atoms with Crippen molar-refractivity contribution in [2.45, 2.75) is 59.3 Å². The summed E-state index contributed by atoms with van der Waals surface area (Å²) in [4.78, 5) is 0. The lowest BCUT2D eigenvalue weighted by Gasteiger charge is -2.10. The molecule has 0 aromatic heterocycles. The van der Waals surface area contributed by atoms with Crippen LogP contribution in [0.5, 0.6) is 0 Å². The highest BCUT2D eigenvalue weighted by atomic mass is 32.1. The van der Waals surface area contributed by atoms with Gasteiger partial charge in [0.25, 0.3) is 0 Å². The molecule has 0 bridgehead atoms. The molecule has 0 saturated carbocycles. The topological polar surface area (TPSA) is 36.4 Å². The van der Waals surface area contributed by atoms with Crippen LogP contribution < -0.4 is 10.7 Å². The van der Waals surface area contributed by atoms with Gasteiger partial charge >= 0.3 is 0 Å². The maximum Gasteiger partial charge on any atom is 0.191 e. The molecule has 2 N–H and O–H groups in total. The molecule has 0 amide bonds. The van der Waals surface area contributed by atoms with Gasteiger partial charge in [-0.2, -0.15) is 5.10 Å². The molecule has 0 aliphatic heterocycles. The Morgan fingerprint density at radius 3 is 2.14 bits per heavy atom. The number of rotatable bonds is 7. The minimum Gasteiger partial charge on any atom is -0.331 e. The Labute approximate surface area is 134 Å². The summed E-state index contributed by atoms with van der Waals surface area (Å²) in [5.41, 5.74) is 6.44. The third kappa shape index (κ3) is 6.71. The summed E-state index contributed by atoms with van der Waals surface area (Å²) < 4.78 is 0. The summed E-state index contributed by atoms with van der Waals surface area (Å²) in [6, 6.07) is 8.34. The Bertz CT molecular complexity index is 455. The summed E-state index contributed by atoms with van der Waals surface area (Å²) >= 11 is 5.28. The fourth-order valence-corrected chi connectivity index (χ4v) is 2.22. The quantitative estimate of drug-likeness (QED) is 0.420. The highest BCUT2D eigenvalue weighted by Gasteiger charge is 2.01. The Balaban J connectivity index is 2.54. The molecule has 0 saturated heterocycles. The van der Waals surface area contributed by atoms with Gasteiger partial charge in [-0.05, 0) is 48.7 Å². The van der Waals surface area contributed by atoms with Crippen LogP contribution in [0.2, 0.25) is 0 Å². The van der Waals surface area contributed by atoms with Crippen molar-refractivity contribution >= 4 is 28.7 Å². The lowest BCUT2D eigenvalue weighted by molar-refractivity contribution is 0.867. The highest BCUT2D eigenvalue weighted by Crippen LogP contribution is 2.16. The molecule has 0 atom stereocenters. The maximum atomic E-state index is 5.28. The fourth-order valence-electron chi connectivity index (χ4n) is 2.05. The van der Waals surface area contributed by atoms with Crippen LogP contribution in [0.3, 0.4) is 0 Å². The van der Waals surface area contributed by atoms with E-state index < -0.39 is 0 Å². The van der Waals surface area contributed by atoms with Gasteiger partial charge in [-0.25, -0.2) is 0 Å². The Hall–Kier alpha value is -1.42. The molecule has 0 unspecified atom stereocenters. The summed E-state index contributed by atoms with van der Waals surface area (Å²) in [5, 5.41) is 8.11. The second-order valence-electron chi connectivity index (χ2n) is 5.52. The van der Waals surface area contributed by atoms with Crippen molar-refractivity contribution in [1.29, 1.82) is 0 Å². The van der Waals surface area contributed by atoms with Gasteiger partial charge in [0.15, 0.2) is 5.11 Å². The zero-order valence-corrected chi connectivity index (χ0v) is 14.4. The minimum atomic E-state index is 0.539. The molecule has 0 heterocycles. The molecule has 0 radical (unpaired) electrons. The predicted octanol–water partition coefficient (Wildman–Crippen LogP) is 5.05. The number of hydrogen-bond donors (Lipinski definition) is 2. The Kier molecular flexibility index (Phi) is 7.98. The number of benzene rings is 1. The van der Waals surface area contributed by atoms with E-state index in [2.05, 4.69) is 55.7 Å². The van der Waals surface area contributed by atoms with Gasteiger partial charge in [-0.15, -0.1) is 0 Å². The van der Waals surface area contributed by atoms with Gasteiger partial charge in [0.1, 0.15) is 0 Å². The molecular weight excluding hydrogens is 278 g/mol. The summed E-state index contributed by atoms with van der Waals surface area (Å²) in [6.45, 7) is 8.70. The van der Waals surface area contributed by atoms with Crippen LogP contribution in [0.1, 0.15) is 64.9 Å². The van der Waals surface area contributed by atoms with Gasteiger partial charge in [0.2, 0.25) is 0 Å². The molecular formula is C17H27N3S. The van der Waals surface area contributed by atoms with E-state index in [4.69, 9.17) is 12.2 Å². The highest BCUT2D eigenvalue weighted by molar-refractivity contribution is 7.80. The first-order chi connectivity index (χ1) is 10.1. The number of anilines is 1. The van der Waals surface area contributed by atoms with Crippen molar-refractivity contribution in [3.63, 3.8) is 0 Å². The number of hydrazone groups is 1. The summed E-state index contributed by atoms with van der Waals surface area (Å²) in [5.74, 6) is 0.541. The third-order valence-electron chi connectivity index (χ3n) is 3.23. The largest absolute Gasteiger partial charge is 0.331 e. The predicted molar refractivity (Wildman–Crippen MR) is 97.1 cm³/mol. The second-order valence-corrected chi connectivity index (χ2v) is 5.93. The van der Waals surface area contributed by atoms with E-state index in [1.165, 1.54) is 11.3 Å². The fraction of sp³-hybridized carbons (Fsp3) is 0.529. The first-order valence-electron chi connectivity index (χ1n) is 7.79. The van der Waals surface area contributed by atoms with Crippen molar-refractivity contribution in [1.82, 2.24) is 5.43 Å². The van der Waals surface area contributed by atoms with Crippen molar-refractivity contribution in [2.24, 2.45) is 5.10 Å². The van der Waals surface area contributed by atoms with Gasteiger partial charge in [0.05, 0.1) is 0 Å². The smallest absolute Gasteiger partial charge is 0.191 e. The maximum absolute atomic E-state index is 5.28. The summed E-state index contributed by atoms with van der Waals surface area (Å²) in [7, 11) is 0. The van der Waals surface area contributed by atoms with Crippen molar-refractivity contribution in [2.75, 3.05) is 5.32 Å². The Morgan fingerprint density at radius 2 is 1.67 bits per heavy atom. The van der Waals surface area contributed by atoms with E-state index in [1.54, 1.807) is 0 Å². The summed E-state index contributed by atoms with van der Waals surface area (Å²) in [6.07, 6.45) is 4.26. The average Bonchev–Trinajstić information content (AvgIpc) is 2.46. The van der Waals surface area contributed by atoms with Crippen LogP contribution in [0.4, 0.5) is 5.69 Å². The van der Waals surface area contributed by atoms with Gasteiger partial charge in [0, 0.05) is 11.4 Å². The molecule has 116 valence electrons. The SMILES string of the molecule is CCCC(CCC)=NNC(=S)Nc1ccc(C(C)C)cc1. The minimum absolute atomic E-state index is 0.539. The standard InChI is InChI=1S/C17H27N3S/c1-5-7-16(8-6-2)19-20-17(21)18-15-11-9-14(10-12-15)13(3)4/h9-13H,5-8H2,1-4H3,(H2,18,20,21). The Morgan fingerprint density at radius 1 is 1.10 bits per heavy atom. The van der Waals surface area contributed by atoms with E-state index >= 15 is 0 Å². The monoisotopic (exact) mass is 305 g/mol. The molecule has 1 aromatic carbocycles. The van der Waals surface area contributed by atoms with Crippen molar-refractivity contribution < 1.29 is 0 Å². The van der Waals surface area contributed by atoms with E-state index in [1.807, 2.05) is 12.1 Å². The number of nitrogens with zero attached hydrogens (tertiary/aromatic N) is 1. The third-order valence-corrected chi connectivity index (χ3v) is 3.42. The zero-order chi connectivity index (χ0) is 15.7. The van der Waals surface area contributed by atoms with Crippen LogP contribution in [0.25, 0.3) is 0 Å². The van der Waals surface area contributed by atoms with E-state index in [0.29, 0.717) is 11.0 Å². The van der Waals surface area contributed by atoms with Crippen LogP contribution in [0.15, 0.2) is 29.4 Å². The number of thiocarbonyl (C=S) groups is 1. The van der Waals surface area contributed by atoms with Crippen LogP contribution in [-0.2, 0) is 0 Å².